The first-order valence-corrected chi connectivity index (χ1v) is 9.93. The van der Waals surface area contributed by atoms with Gasteiger partial charge in [0.15, 0.2) is 5.16 Å². The van der Waals surface area contributed by atoms with Crippen LogP contribution in [0.3, 0.4) is 0 Å². The highest BCUT2D eigenvalue weighted by atomic mass is 32.2. The molecule has 1 fully saturated rings. The third kappa shape index (κ3) is 3.92. The Balaban J connectivity index is 1.60. The van der Waals surface area contributed by atoms with Gasteiger partial charge in [-0.05, 0) is 19.8 Å². The average molecular weight is 355 g/mol. The van der Waals surface area contributed by atoms with Gasteiger partial charge in [-0.15, -0.1) is 11.8 Å². The van der Waals surface area contributed by atoms with Gasteiger partial charge in [0.2, 0.25) is 5.91 Å². The van der Waals surface area contributed by atoms with E-state index in [1.165, 1.54) is 11.8 Å². The minimum Gasteiger partial charge on any atom is -0.376 e. The standard InChI is InChI=1S/C15H21N3O3S2/c1-2-18-14(20)13-11(5-7-22-13)17-15(18)23-9-12(19)16-8-10-4-3-6-21-10/h10H,2-9H2,1H3,(H,16,19)/t10-/m1/s1. The Bertz CT molecular complexity index is 642. The van der Waals surface area contributed by atoms with E-state index in [1.54, 1.807) is 16.3 Å². The molecule has 23 heavy (non-hydrogen) atoms. The Morgan fingerprint density at radius 1 is 1.57 bits per heavy atom. The molecule has 0 unspecified atom stereocenters. The molecule has 0 saturated carbocycles. The fourth-order valence-electron chi connectivity index (χ4n) is 2.73. The fourth-order valence-corrected chi connectivity index (χ4v) is 4.68. The van der Waals surface area contributed by atoms with Crippen molar-refractivity contribution in [3.63, 3.8) is 0 Å². The van der Waals surface area contributed by atoms with E-state index in [9.17, 15) is 9.59 Å². The molecule has 1 aromatic heterocycles. The molecule has 1 aromatic rings. The molecule has 0 aliphatic carbocycles. The van der Waals surface area contributed by atoms with Gasteiger partial charge in [-0.25, -0.2) is 4.98 Å². The third-order valence-electron chi connectivity index (χ3n) is 3.95. The highest BCUT2D eigenvalue weighted by molar-refractivity contribution is 8.00. The van der Waals surface area contributed by atoms with Crippen LogP contribution < -0.4 is 10.9 Å². The van der Waals surface area contributed by atoms with Crippen LogP contribution in [0.1, 0.15) is 25.5 Å². The summed E-state index contributed by atoms with van der Waals surface area (Å²) in [5, 5.41) is 3.54. The molecule has 0 bridgehead atoms. The number of nitrogens with one attached hydrogen (secondary N) is 1. The van der Waals surface area contributed by atoms with E-state index in [0.29, 0.717) is 18.2 Å². The van der Waals surface area contributed by atoms with E-state index in [0.717, 1.165) is 42.2 Å². The Morgan fingerprint density at radius 3 is 3.17 bits per heavy atom. The molecule has 126 valence electrons. The van der Waals surface area contributed by atoms with Gasteiger partial charge in [0.25, 0.3) is 5.56 Å². The van der Waals surface area contributed by atoms with Crippen molar-refractivity contribution in [2.75, 3.05) is 24.7 Å². The number of hydrogen-bond donors (Lipinski definition) is 1. The molecule has 1 saturated heterocycles. The molecule has 0 spiro atoms. The van der Waals surface area contributed by atoms with Crippen molar-refractivity contribution in [2.45, 2.75) is 48.9 Å². The number of rotatable bonds is 6. The van der Waals surface area contributed by atoms with Crippen molar-refractivity contribution in [2.24, 2.45) is 0 Å². The van der Waals surface area contributed by atoms with Gasteiger partial charge in [-0.2, -0.15) is 0 Å². The molecular formula is C15H21N3O3S2. The predicted octanol–water partition coefficient (Wildman–Crippen LogP) is 1.30. The topological polar surface area (TPSA) is 73.2 Å². The second-order valence-electron chi connectivity index (χ2n) is 5.55. The number of fused-ring (bicyclic) bond motifs is 1. The molecular weight excluding hydrogens is 334 g/mol. The molecule has 3 rings (SSSR count). The van der Waals surface area contributed by atoms with Gasteiger partial charge in [-0.3, -0.25) is 14.2 Å². The van der Waals surface area contributed by atoms with Gasteiger partial charge < -0.3 is 10.1 Å². The molecule has 1 atom stereocenters. The Kier molecular flexibility index (Phi) is 5.66. The lowest BCUT2D eigenvalue weighted by atomic mass is 10.2. The first kappa shape index (κ1) is 16.9. The summed E-state index contributed by atoms with van der Waals surface area (Å²) in [4.78, 5) is 29.8. The predicted molar refractivity (Wildman–Crippen MR) is 91.3 cm³/mol. The largest absolute Gasteiger partial charge is 0.376 e. The maximum absolute atomic E-state index is 12.4. The first-order valence-electron chi connectivity index (χ1n) is 7.96. The summed E-state index contributed by atoms with van der Waals surface area (Å²) in [6.45, 7) is 3.85. The maximum Gasteiger partial charge on any atom is 0.268 e. The number of nitrogens with zero attached hydrogens (tertiary/aromatic N) is 2. The molecule has 0 aromatic carbocycles. The smallest absolute Gasteiger partial charge is 0.268 e. The van der Waals surface area contributed by atoms with Gasteiger partial charge in [0, 0.05) is 31.9 Å². The monoisotopic (exact) mass is 355 g/mol. The van der Waals surface area contributed by atoms with E-state index < -0.39 is 0 Å². The van der Waals surface area contributed by atoms with Gasteiger partial charge >= 0.3 is 0 Å². The Hall–Kier alpha value is -0.990. The molecule has 3 heterocycles. The van der Waals surface area contributed by atoms with Gasteiger partial charge in [0.1, 0.15) is 0 Å². The summed E-state index contributed by atoms with van der Waals surface area (Å²) in [5.74, 6) is 1.14. The van der Waals surface area contributed by atoms with Crippen LogP contribution in [0.15, 0.2) is 14.8 Å². The number of ether oxygens (including phenoxy) is 1. The van der Waals surface area contributed by atoms with Gasteiger partial charge in [0.05, 0.1) is 22.4 Å². The van der Waals surface area contributed by atoms with E-state index in [1.807, 2.05) is 6.92 Å². The summed E-state index contributed by atoms with van der Waals surface area (Å²) in [7, 11) is 0. The van der Waals surface area contributed by atoms with Crippen LogP contribution in [0, 0.1) is 0 Å². The number of aryl methyl sites for hydroxylation is 1. The van der Waals surface area contributed by atoms with Crippen LogP contribution in [0.4, 0.5) is 0 Å². The van der Waals surface area contributed by atoms with Crippen LogP contribution in [0.25, 0.3) is 0 Å². The zero-order valence-electron chi connectivity index (χ0n) is 13.2. The normalized spacial score (nSPS) is 19.8. The zero-order valence-corrected chi connectivity index (χ0v) is 14.8. The number of thioether (sulfide) groups is 2. The lowest BCUT2D eigenvalue weighted by molar-refractivity contribution is -0.119. The Labute approximate surface area is 143 Å². The lowest BCUT2D eigenvalue weighted by Crippen LogP contribution is -2.33. The summed E-state index contributed by atoms with van der Waals surface area (Å²) in [6.07, 6.45) is 3.05. The SMILES string of the molecule is CCn1c(SCC(=O)NC[C@H]2CCCO2)nc2c(c1=O)SCC2. The van der Waals surface area contributed by atoms with Crippen LogP contribution in [-0.4, -0.2) is 46.2 Å². The molecule has 2 aliphatic rings. The molecule has 6 nitrogen and oxygen atoms in total. The van der Waals surface area contributed by atoms with Crippen molar-refractivity contribution >= 4 is 29.4 Å². The minimum atomic E-state index is -0.0442. The maximum atomic E-state index is 12.4. The van der Waals surface area contributed by atoms with Crippen LogP contribution in [0.5, 0.6) is 0 Å². The van der Waals surface area contributed by atoms with E-state index >= 15 is 0 Å². The molecule has 1 amide bonds. The zero-order chi connectivity index (χ0) is 16.2. The van der Waals surface area contributed by atoms with E-state index in [-0.39, 0.29) is 23.3 Å². The van der Waals surface area contributed by atoms with E-state index in [4.69, 9.17) is 4.74 Å². The van der Waals surface area contributed by atoms with Crippen LogP contribution in [0.2, 0.25) is 0 Å². The van der Waals surface area contributed by atoms with Gasteiger partial charge in [-0.1, -0.05) is 11.8 Å². The second-order valence-corrected chi connectivity index (χ2v) is 7.59. The molecule has 2 aliphatic heterocycles. The highest BCUT2D eigenvalue weighted by Crippen LogP contribution is 2.28. The number of hydrogen-bond acceptors (Lipinski definition) is 6. The number of carbonyl (C=O) groups excluding carboxylic acids is 1. The lowest BCUT2D eigenvalue weighted by Gasteiger charge is -2.13. The average Bonchev–Trinajstić information content (AvgIpc) is 3.22. The van der Waals surface area contributed by atoms with Crippen molar-refractivity contribution in [1.29, 1.82) is 0 Å². The first-order chi connectivity index (χ1) is 11.2. The summed E-state index contributed by atoms with van der Waals surface area (Å²) in [5.41, 5.74) is 0.911. The third-order valence-corrected chi connectivity index (χ3v) is 6.03. The molecule has 8 heteroatoms. The van der Waals surface area contributed by atoms with E-state index in [2.05, 4.69) is 10.3 Å². The molecule has 0 radical (unpaired) electrons. The van der Waals surface area contributed by atoms with Crippen molar-refractivity contribution in [1.82, 2.24) is 14.9 Å². The Morgan fingerprint density at radius 2 is 2.43 bits per heavy atom. The summed E-state index contributed by atoms with van der Waals surface area (Å²) < 4.78 is 7.15. The number of amides is 1. The quantitative estimate of drug-likeness (QED) is 0.612. The van der Waals surface area contributed by atoms with Crippen LogP contribution in [-0.2, 0) is 22.5 Å². The molecule has 1 N–H and O–H groups in total. The number of aromatic nitrogens is 2. The minimum absolute atomic E-state index is 0.0299. The van der Waals surface area contributed by atoms with Crippen LogP contribution >= 0.6 is 23.5 Å². The highest BCUT2D eigenvalue weighted by Gasteiger charge is 2.22. The van der Waals surface area contributed by atoms with Crippen molar-refractivity contribution in [3.05, 3.63) is 16.0 Å². The fraction of sp³-hybridized carbons (Fsp3) is 0.667. The van der Waals surface area contributed by atoms with Crippen molar-refractivity contribution < 1.29 is 9.53 Å². The number of carbonyl (C=O) groups is 1. The van der Waals surface area contributed by atoms with Crippen molar-refractivity contribution in [3.8, 4) is 0 Å². The summed E-state index contributed by atoms with van der Waals surface area (Å²) >= 11 is 2.91. The summed E-state index contributed by atoms with van der Waals surface area (Å²) in [6, 6.07) is 0. The second kappa shape index (κ2) is 7.72.